The first-order valence-electron chi connectivity index (χ1n) is 5.47. The Hall–Kier alpha value is -2.14. The molecule has 1 aromatic carbocycles. The predicted octanol–water partition coefficient (Wildman–Crippen LogP) is -0.461. The zero-order valence-corrected chi connectivity index (χ0v) is 11.3. The van der Waals surface area contributed by atoms with E-state index in [2.05, 4.69) is 15.3 Å². The fourth-order valence-electron chi connectivity index (χ4n) is 1.63. The summed E-state index contributed by atoms with van der Waals surface area (Å²) in [4.78, 5) is 19.2. The van der Waals surface area contributed by atoms with Crippen molar-refractivity contribution in [3.05, 3.63) is 47.4 Å². The highest BCUT2D eigenvalue weighted by molar-refractivity contribution is 5.88. The SMILES string of the molecule is Cc1cc(Nc2ccc(C(=O)O)cc2)nc(C)n1.[Cl-]. The predicted molar refractivity (Wildman–Crippen MR) is 68.2 cm³/mol. The highest BCUT2D eigenvalue weighted by Gasteiger charge is 2.03. The van der Waals surface area contributed by atoms with Gasteiger partial charge >= 0.3 is 5.97 Å². The van der Waals surface area contributed by atoms with Crippen LogP contribution in [0.15, 0.2) is 30.3 Å². The van der Waals surface area contributed by atoms with Gasteiger partial charge in [-0.3, -0.25) is 0 Å². The first kappa shape index (κ1) is 14.9. The van der Waals surface area contributed by atoms with Gasteiger partial charge in [0.05, 0.1) is 5.56 Å². The second kappa shape index (κ2) is 6.15. The molecule has 100 valence electrons. The molecular formula is C13H13ClN3O2-. The van der Waals surface area contributed by atoms with Crippen molar-refractivity contribution in [2.24, 2.45) is 0 Å². The Morgan fingerprint density at radius 3 is 2.32 bits per heavy atom. The van der Waals surface area contributed by atoms with Gasteiger partial charge in [0.2, 0.25) is 0 Å². The van der Waals surface area contributed by atoms with Crippen molar-refractivity contribution in [1.29, 1.82) is 0 Å². The van der Waals surface area contributed by atoms with Gasteiger partial charge in [0.25, 0.3) is 0 Å². The summed E-state index contributed by atoms with van der Waals surface area (Å²) >= 11 is 0. The molecule has 0 unspecified atom stereocenters. The molecule has 2 N–H and O–H groups in total. The van der Waals surface area contributed by atoms with Gasteiger partial charge in [0, 0.05) is 17.4 Å². The van der Waals surface area contributed by atoms with Crippen LogP contribution in [0, 0.1) is 13.8 Å². The average molecular weight is 279 g/mol. The highest BCUT2D eigenvalue weighted by atomic mass is 35.5. The molecule has 0 amide bonds. The summed E-state index contributed by atoms with van der Waals surface area (Å²) in [5.41, 5.74) is 1.93. The molecular weight excluding hydrogens is 266 g/mol. The van der Waals surface area contributed by atoms with Crippen molar-refractivity contribution < 1.29 is 22.3 Å². The molecule has 0 aliphatic heterocycles. The van der Waals surface area contributed by atoms with Gasteiger partial charge in [-0.1, -0.05) is 0 Å². The molecule has 5 nitrogen and oxygen atoms in total. The molecule has 2 rings (SSSR count). The molecule has 19 heavy (non-hydrogen) atoms. The fraction of sp³-hybridized carbons (Fsp3) is 0.154. The van der Waals surface area contributed by atoms with Gasteiger partial charge in [-0.2, -0.15) is 0 Å². The van der Waals surface area contributed by atoms with E-state index in [0.717, 1.165) is 11.4 Å². The molecule has 0 spiro atoms. The van der Waals surface area contributed by atoms with Crippen molar-refractivity contribution in [3.63, 3.8) is 0 Å². The summed E-state index contributed by atoms with van der Waals surface area (Å²) in [6.07, 6.45) is 0. The van der Waals surface area contributed by atoms with E-state index in [0.29, 0.717) is 11.6 Å². The normalized spacial score (nSPS) is 9.58. The second-order valence-electron chi connectivity index (χ2n) is 3.95. The van der Waals surface area contributed by atoms with Crippen LogP contribution in [-0.2, 0) is 0 Å². The van der Waals surface area contributed by atoms with Gasteiger partial charge in [0.1, 0.15) is 11.6 Å². The third kappa shape index (κ3) is 3.93. The van der Waals surface area contributed by atoms with Crippen LogP contribution in [0.4, 0.5) is 11.5 Å². The zero-order valence-electron chi connectivity index (χ0n) is 10.5. The smallest absolute Gasteiger partial charge is 0.335 e. The topological polar surface area (TPSA) is 75.1 Å². The van der Waals surface area contributed by atoms with Crippen LogP contribution in [-0.4, -0.2) is 21.0 Å². The van der Waals surface area contributed by atoms with Crippen LogP contribution in [0.2, 0.25) is 0 Å². The molecule has 0 atom stereocenters. The van der Waals surface area contributed by atoms with Gasteiger partial charge in [-0.25, -0.2) is 14.8 Å². The number of carboxylic acid groups (broad SMARTS) is 1. The molecule has 0 bridgehead atoms. The van der Waals surface area contributed by atoms with Crippen molar-refractivity contribution in [2.45, 2.75) is 13.8 Å². The van der Waals surface area contributed by atoms with Crippen molar-refractivity contribution >= 4 is 17.5 Å². The summed E-state index contributed by atoms with van der Waals surface area (Å²) in [6.45, 7) is 3.72. The number of halogens is 1. The standard InChI is InChI=1S/C13H13N3O2.ClH/c1-8-7-12(15-9(2)14-8)16-11-5-3-10(4-6-11)13(17)18;/h3-7H,1-2H3,(H,17,18)(H,14,15,16);1H/p-1. The lowest BCUT2D eigenvalue weighted by atomic mass is 10.2. The Morgan fingerprint density at radius 2 is 1.79 bits per heavy atom. The molecule has 0 fully saturated rings. The van der Waals surface area contributed by atoms with Crippen LogP contribution in [0.25, 0.3) is 0 Å². The summed E-state index contributed by atoms with van der Waals surface area (Å²) in [5, 5.41) is 11.9. The first-order valence-corrected chi connectivity index (χ1v) is 5.47. The number of rotatable bonds is 3. The lowest BCUT2D eigenvalue weighted by molar-refractivity contribution is -0.0000196. The van der Waals surface area contributed by atoms with E-state index >= 15 is 0 Å². The van der Waals surface area contributed by atoms with E-state index < -0.39 is 5.97 Å². The lowest BCUT2D eigenvalue weighted by Crippen LogP contribution is -3.00. The van der Waals surface area contributed by atoms with E-state index in [1.54, 1.807) is 24.3 Å². The maximum Gasteiger partial charge on any atom is 0.335 e. The van der Waals surface area contributed by atoms with Gasteiger partial charge < -0.3 is 22.8 Å². The van der Waals surface area contributed by atoms with Crippen molar-refractivity contribution in [1.82, 2.24) is 9.97 Å². The number of aromatic carboxylic acids is 1. The average Bonchev–Trinajstić information content (AvgIpc) is 2.28. The Balaban J connectivity index is 0.00000180. The van der Waals surface area contributed by atoms with Gasteiger partial charge in [-0.15, -0.1) is 0 Å². The summed E-state index contributed by atoms with van der Waals surface area (Å²) in [7, 11) is 0. The molecule has 0 saturated heterocycles. The van der Waals surface area contributed by atoms with E-state index in [1.165, 1.54) is 0 Å². The van der Waals surface area contributed by atoms with Crippen molar-refractivity contribution in [2.75, 3.05) is 5.32 Å². The Morgan fingerprint density at radius 1 is 1.16 bits per heavy atom. The maximum atomic E-state index is 10.7. The van der Waals surface area contributed by atoms with E-state index in [4.69, 9.17) is 5.11 Å². The number of nitrogens with zero attached hydrogens (tertiary/aromatic N) is 2. The maximum absolute atomic E-state index is 10.7. The minimum atomic E-state index is -0.935. The second-order valence-corrected chi connectivity index (χ2v) is 3.95. The summed E-state index contributed by atoms with van der Waals surface area (Å²) in [5.74, 6) is 0.456. The molecule has 1 aromatic heterocycles. The molecule has 6 heteroatoms. The van der Waals surface area contributed by atoms with Gasteiger partial charge in [-0.05, 0) is 38.1 Å². The van der Waals surface area contributed by atoms with Crippen LogP contribution in [0.5, 0.6) is 0 Å². The number of hydrogen-bond donors (Lipinski definition) is 2. The Labute approximate surface area is 117 Å². The van der Waals surface area contributed by atoms with Crippen LogP contribution in [0.1, 0.15) is 21.9 Å². The number of aryl methyl sites for hydroxylation is 2. The van der Waals surface area contributed by atoms with E-state index in [-0.39, 0.29) is 18.0 Å². The summed E-state index contributed by atoms with van der Waals surface area (Å²) in [6, 6.07) is 8.34. The quantitative estimate of drug-likeness (QED) is 0.795. The number of benzene rings is 1. The summed E-state index contributed by atoms with van der Waals surface area (Å²) < 4.78 is 0. The minimum Gasteiger partial charge on any atom is -1.00 e. The van der Waals surface area contributed by atoms with Crippen LogP contribution in [0.3, 0.4) is 0 Å². The van der Waals surface area contributed by atoms with Crippen LogP contribution < -0.4 is 17.7 Å². The number of carboxylic acids is 1. The molecule has 0 radical (unpaired) electrons. The third-order valence-corrected chi connectivity index (χ3v) is 2.37. The molecule has 0 aliphatic carbocycles. The highest BCUT2D eigenvalue weighted by Crippen LogP contribution is 2.16. The molecule has 2 aromatic rings. The molecule has 0 saturated carbocycles. The third-order valence-electron chi connectivity index (χ3n) is 2.37. The van der Waals surface area contributed by atoms with Crippen molar-refractivity contribution in [3.8, 4) is 0 Å². The minimum absolute atomic E-state index is 0. The largest absolute Gasteiger partial charge is 1.00 e. The fourth-order valence-corrected chi connectivity index (χ4v) is 1.63. The monoisotopic (exact) mass is 278 g/mol. The zero-order chi connectivity index (χ0) is 13.1. The van der Waals surface area contributed by atoms with Crippen LogP contribution >= 0.6 is 0 Å². The number of hydrogen-bond acceptors (Lipinski definition) is 4. The first-order chi connectivity index (χ1) is 8.54. The number of carbonyl (C=O) groups is 1. The van der Waals surface area contributed by atoms with E-state index in [1.807, 2.05) is 19.9 Å². The number of anilines is 2. The Bertz CT molecular complexity index is 565. The number of aromatic nitrogens is 2. The van der Waals surface area contributed by atoms with Gasteiger partial charge in [0.15, 0.2) is 0 Å². The molecule has 0 aliphatic rings. The molecule has 1 heterocycles. The number of nitrogens with one attached hydrogen (secondary N) is 1. The van der Waals surface area contributed by atoms with E-state index in [9.17, 15) is 4.79 Å². The Kier molecular flexibility index (Phi) is 4.83. The lowest BCUT2D eigenvalue weighted by Gasteiger charge is -2.07.